The van der Waals surface area contributed by atoms with Gasteiger partial charge in [-0.15, -0.1) is 0 Å². The van der Waals surface area contributed by atoms with Crippen molar-refractivity contribution in [2.45, 2.75) is 131 Å². The summed E-state index contributed by atoms with van der Waals surface area (Å²) < 4.78 is 6.12. The van der Waals surface area contributed by atoms with Crippen molar-refractivity contribution in [2.75, 3.05) is 0 Å². The molecule has 39 heavy (non-hydrogen) atoms. The number of aliphatic hydroxyl groups is 3. The van der Waals surface area contributed by atoms with Gasteiger partial charge in [-0.25, -0.2) is 0 Å². The molecule has 3 N–H and O–H groups in total. The van der Waals surface area contributed by atoms with Crippen LogP contribution in [0, 0.1) is 39.4 Å². The molecule has 0 aliphatic heterocycles. The van der Waals surface area contributed by atoms with Gasteiger partial charge >= 0.3 is 5.97 Å². The highest BCUT2D eigenvalue weighted by molar-refractivity contribution is 6.00. The molecule has 0 amide bonds. The van der Waals surface area contributed by atoms with Gasteiger partial charge in [-0.1, -0.05) is 47.1 Å². The van der Waals surface area contributed by atoms with Gasteiger partial charge < -0.3 is 20.1 Å². The Morgan fingerprint density at radius 1 is 1.10 bits per heavy atom. The van der Waals surface area contributed by atoms with Crippen LogP contribution in [0.25, 0.3) is 0 Å². The van der Waals surface area contributed by atoms with Crippen molar-refractivity contribution in [1.82, 2.24) is 0 Å². The molecule has 0 spiro atoms. The Morgan fingerprint density at radius 3 is 2.28 bits per heavy atom. The molecule has 0 bridgehead atoms. The van der Waals surface area contributed by atoms with E-state index in [1.165, 1.54) is 20.8 Å². The number of carbonyl (C=O) groups is 3. The third kappa shape index (κ3) is 4.46. The SMILES string of the molecule is CC(=O)O[C@H]1CC2=C([C@H](C)C[C@H](O)[C@@H](O)C(C)(C)O)C(=O)C[C@]2(C)[C@@]2(C)CC[C@H]3C(C)(C)C(=O)CC[C@]3(C)[C@H]12. The number of ketones is 2. The highest BCUT2D eigenvalue weighted by Crippen LogP contribution is 2.74. The number of ether oxygens (including phenoxy) is 1. The summed E-state index contributed by atoms with van der Waals surface area (Å²) in [5, 5.41) is 31.4. The van der Waals surface area contributed by atoms with Crippen molar-refractivity contribution < 1.29 is 34.4 Å². The summed E-state index contributed by atoms with van der Waals surface area (Å²) in [6, 6.07) is 0. The molecule has 7 heteroatoms. The lowest BCUT2D eigenvalue weighted by molar-refractivity contribution is -0.217. The molecule has 4 aliphatic carbocycles. The molecular formula is C32H50O7. The Balaban J connectivity index is 1.80. The molecule has 0 radical (unpaired) electrons. The zero-order valence-electron chi connectivity index (χ0n) is 25.4. The largest absolute Gasteiger partial charge is 0.462 e. The fourth-order valence-electron chi connectivity index (χ4n) is 9.91. The van der Waals surface area contributed by atoms with Gasteiger partial charge in [0, 0.05) is 42.9 Å². The van der Waals surface area contributed by atoms with Crippen molar-refractivity contribution in [2.24, 2.45) is 39.4 Å². The first kappa shape index (κ1) is 30.4. The van der Waals surface area contributed by atoms with Crippen molar-refractivity contribution in [3.05, 3.63) is 11.1 Å². The van der Waals surface area contributed by atoms with E-state index in [4.69, 9.17) is 4.74 Å². The van der Waals surface area contributed by atoms with Crippen molar-refractivity contribution in [3.8, 4) is 0 Å². The lowest BCUT2D eigenvalue weighted by atomic mass is 9.36. The second-order valence-electron chi connectivity index (χ2n) is 15.1. The summed E-state index contributed by atoms with van der Waals surface area (Å²) in [6.07, 6.45) is 1.01. The van der Waals surface area contributed by atoms with E-state index in [9.17, 15) is 29.7 Å². The molecule has 9 atom stereocenters. The second-order valence-corrected chi connectivity index (χ2v) is 15.1. The smallest absolute Gasteiger partial charge is 0.302 e. The zero-order valence-corrected chi connectivity index (χ0v) is 25.4. The summed E-state index contributed by atoms with van der Waals surface area (Å²) in [6.45, 7) is 17.1. The number of fused-ring (bicyclic) bond motifs is 5. The Hall–Kier alpha value is -1.57. The van der Waals surface area contributed by atoms with E-state index in [0.717, 1.165) is 24.8 Å². The third-order valence-corrected chi connectivity index (χ3v) is 12.0. The quantitative estimate of drug-likeness (QED) is 0.418. The van der Waals surface area contributed by atoms with Crippen molar-refractivity contribution >= 4 is 17.5 Å². The van der Waals surface area contributed by atoms with Crippen LogP contribution >= 0.6 is 0 Å². The summed E-state index contributed by atoms with van der Waals surface area (Å²) in [7, 11) is 0. The minimum absolute atomic E-state index is 0.00108. The van der Waals surface area contributed by atoms with Gasteiger partial charge in [0.15, 0.2) is 5.78 Å². The van der Waals surface area contributed by atoms with Crippen LogP contribution in [0.1, 0.15) is 107 Å². The molecule has 0 saturated heterocycles. The fourth-order valence-corrected chi connectivity index (χ4v) is 9.91. The van der Waals surface area contributed by atoms with Crippen LogP contribution in [0.5, 0.6) is 0 Å². The second kappa shape index (κ2) is 9.49. The first-order valence-electron chi connectivity index (χ1n) is 14.8. The Bertz CT molecular complexity index is 1080. The molecule has 0 aromatic heterocycles. The lowest BCUT2D eigenvalue weighted by Crippen LogP contribution is -2.66. The van der Waals surface area contributed by atoms with Gasteiger partial charge in [-0.05, 0) is 67.8 Å². The van der Waals surface area contributed by atoms with E-state index in [0.29, 0.717) is 30.6 Å². The van der Waals surface area contributed by atoms with Crippen molar-refractivity contribution in [1.29, 1.82) is 0 Å². The Labute approximate surface area is 233 Å². The van der Waals surface area contributed by atoms with Crippen LogP contribution in [0.2, 0.25) is 0 Å². The number of rotatable bonds is 6. The summed E-state index contributed by atoms with van der Waals surface area (Å²) in [4.78, 5) is 39.3. The molecule has 220 valence electrons. The molecule has 4 aliphatic rings. The first-order valence-corrected chi connectivity index (χ1v) is 14.8. The summed E-state index contributed by atoms with van der Waals surface area (Å²) in [5.41, 5.74) is -1.21. The molecule has 0 heterocycles. The van der Waals surface area contributed by atoms with E-state index < -0.39 is 34.7 Å². The predicted molar refractivity (Wildman–Crippen MR) is 147 cm³/mol. The lowest BCUT2D eigenvalue weighted by Gasteiger charge is -2.68. The molecule has 0 aromatic carbocycles. The van der Waals surface area contributed by atoms with Gasteiger partial charge in [0.1, 0.15) is 18.0 Å². The molecule has 4 rings (SSSR count). The van der Waals surface area contributed by atoms with Crippen LogP contribution in [0.4, 0.5) is 0 Å². The minimum Gasteiger partial charge on any atom is -0.462 e. The van der Waals surface area contributed by atoms with E-state index in [-0.39, 0.29) is 46.8 Å². The van der Waals surface area contributed by atoms with Crippen LogP contribution in [0.3, 0.4) is 0 Å². The average molecular weight is 547 g/mol. The highest BCUT2D eigenvalue weighted by Gasteiger charge is 2.70. The van der Waals surface area contributed by atoms with Crippen molar-refractivity contribution in [3.63, 3.8) is 0 Å². The standard InChI is InChI=1S/C32H50O7/c1-17(14-20(34)27(37)29(5,6)38)25-19-15-22(39-18(2)33)26-30(7)12-11-24(36)28(3,4)23(30)10-13-31(26,8)32(19,9)16-21(25)35/h17,20,22-23,26-27,34,37-38H,10-16H2,1-9H3/t17-,20+,22+,23+,26+,27-,30+,31+,32+/m1/s1. The normalized spacial score (nSPS) is 40.4. The summed E-state index contributed by atoms with van der Waals surface area (Å²) in [5.74, 6) is -0.146. The van der Waals surface area contributed by atoms with Crippen LogP contribution in [0.15, 0.2) is 11.1 Å². The average Bonchev–Trinajstić information content (AvgIpc) is 3.05. The molecule has 3 saturated carbocycles. The van der Waals surface area contributed by atoms with Crippen LogP contribution < -0.4 is 0 Å². The number of aliphatic hydroxyl groups excluding tert-OH is 2. The Morgan fingerprint density at radius 2 is 1.72 bits per heavy atom. The molecule has 3 fully saturated rings. The van der Waals surface area contributed by atoms with Gasteiger partial charge in [0.2, 0.25) is 0 Å². The topological polar surface area (TPSA) is 121 Å². The molecule has 7 nitrogen and oxygen atoms in total. The maximum Gasteiger partial charge on any atom is 0.302 e. The maximum absolute atomic E-state index is 13.8. The number of Topliss-reactive ketones (excluding diaryl/α,β-unsaturated/α-hetero) is 2. The van der Waals surface area contributed by atoms with Gasteiger partial charge in [-0.3, -0.25) is 14.4 Å². The Kier molecular flexibility index (Phi) is 7.39. The third-order valence-electron chi connectivity index (χ3n) is 12.0. The van der Waals surface area contributed by atoms with Gasteiger partial charge in [0.05, 0.1) is 11.7 Å². The van der Waals surface area contributed by atoms with E-state index >= 15 is 0 Å². The highest BCUT2D eigenvalue weighted by atomic mass is 16.5. The van der Waals surface area contributed by atoms with Crippen LogP contribution in [-0.4, -0.2) is 56.8 Å². The van der Waals surface area contributed by atoms with E-state index in [2.05, 4.69) is 34.6 Å². The monoisotopic (exact) mass is 546 g/mol. The predicted octanol–water partition coefficient (Wildman–Crippen LogP) is 4.54. The van der Waals surface area contributed by atoms with Gasteiger partial charge in [0.25, 0.3) is 0 Å². The summed E-state index contributed by atoms with van der Waals surface area (Å²) >= 11 is 0. The first-order chi connectivity index (χ1) is 17.7. The number of hydrogen-bond acceptors (Lipinski definition) is 7. The van der Waals surface area contributed by atoms with Gasteiger partial charge in [-0.2, -0.15) is 0 Å². The van der Waals surface area contributed by atoms with E-state index in [1.807, 2.05) is 6.92 Å². The van der Waals surface area contributed by atoms with E-state index in [1.54, 1.807) is 0 Å². The number of esters is 1. The minimum atomic E-state index is -1.47. The molecule has 0 unspecified atom stereocenters. The number of allylic oxidation sites excluding steroid dienone is 1. The maximum atomic E-state index is 13.8. The zero-order chi connectivity index (χ0) is 29.5. The number of hydrogen-bond donors (Lipinski definition) is 3. The number of carbonyl (C=O) groups excluding carboxylic acids is 3. The fraction of sp³-hybridized carbons (Fsp3) is 0.844. The van der Waals surface area contributed by atoms with Crippen LogP contribution in [-0.2, 0) is 19.1 Å². The molecule has 0 aromatic rings. The molecular weight excluding hydrogens is 496 g/mol.